The van der Waals surface area contributed by atoms with E-state index in [-0.39, 0.29) is 18.1 Å². The first kappa shape index (κ1) is 30.7. The summed E-state index contributed by atoms with van der Waals surface area (Å²) < 4.78 is 6.88. The van der Waals surface area contributed by atoms with Crippen LogP contribution in [0.25, 0.3) is 0 Å². The van der Waals surface area contributed by atoms with E-state index in [1.165, 1.54) is 10.1 Å². The third-order valence-electron chi connectivity index (χ3n) is 8.13. The lowest BCUT2D eigenvalue weighted by Gasteiger charge is -2.53. The monoisotopic (exact) mass is 535 g/mol. The molecule has 0 atom stereocenters. The summed E-state index contributed by atoms with van der Waals surface area (Å²) in [5, 5.41) is 39.9. The molecule has 11 nitrogen and oxygen atoms in total. The minimum Gasteiger partial charge on any atom is -0.383 e. The third-order valence-corrected chi connectivity index (χ3v) is 8.13. The van der Waals surface area contributed by atoms with Gasteiger partial charge in [0.2, 0.25) is 0 Å². The first-order valence-corrected chi connectivity index (χ1v) is 13.9. The molecule has 2 radical (unpaired) electrons. The molecule has 0 spiro atoms. The molecule has 0 unspecified atom stereocenters. The molecule has 2 saturated heterocycles. The lowest BCUT2D eigenvalue weighted by atomic mass is 9.78. The van der Waals surface area contributed by atoms with E-state index < -0.39 is 22.2 Å². The van der Waals surface area contributed by atoms with Crippen LogP contribution >= 0.6 is 0 Å². The van der Waals surface area contributed by atoms with Crippen molar-refractivity contribution in [1.82, 2.24) is 35.3 Å². The number of nitrogens with zero attached hydrogens (tertiary/aromatic N) is 6. The molecule has 38 heavy (non-hydrogen) atoms. The number of hydrogen-bond donors (Lipinski definition) is 1. The van der Waals surface area contributed by atoms with Crippen molar-refractivity contribution in [3.8, 4) is 0 Å². The minimum atomic E-state index is -0.590. The predicted molar refractivity (Wildman–Crippen MR) is 143 cm³/mol. The van der Waals surface area contributed by atoms with E-state index in [0.29, 0.717) is 51.8 Å². The second-order valence-electron chi connectivity index (χ2n) is 13.7. The predicted octanol–water partition coefficient (Wildman–Crippen LogP) is 3.60. The van der Waals surface area contributed by atoms with Gasteiger partial charge in [0, 0.05) is 54.1 Å². The molecule has 1 N–H and O–H groups in total. The number of aryl methyl sites for hydroxylation is 1. The fourth-order valence-electron chi connectivity index (χ4n) is 6.68. The van der Waals surface area contributed by atoms with Crippen LogP contribution in [-0.4, -0.2) is 90.6 Å². The van der Waals surface area contributed by atoms with E-state index in [4.69, 9.17) is 4.74 Å². The normalized spacial score (nSPS) is 23.9. The summed E-state index contributed by atoms with van der Waals surface area (Å²) in [6.45, 7) is 17.3. The van der Waals surface area contributed by atoms with E-state index in [2.05, 4.69) is 15.6 Å². The summed E-state index contributed by atoms with van der Waals surface area (Å²) in [5.41, 5.74) is -1.45. The van der Waals surface area contributed by atoms with Gasteiger partial charge in [0.05, 0.1) is 18.8 Å². The number of nitrogens with one attached hydrogen (secondary N) is 1. The third kappa shape index (κ3) is 7.04. The highest BCUT2D eigenvalue weighted by atomic mass is 16.5. The number of rotatable bonds is 9. The Morgan fingerprint density at radius 1 is 0.974 bits per heavy atom. The zero-order valence-electron chi connectivity index (χ0n) is 24.9. The molecule has 0 bridgehead atoms. The Bertz CT molecular complexity index is 910. The molecule has 3 heterocycles. The van der Waals surface area contributed by atoms with Crippen LogP contribution in [0.5, 0.6) is 0 Å². The van der Waals surface area contributed by atoms with Crippen molar-refractivity contribution in [3.63, 3.8) is 0 Å². The van der Waals surface area contributed by atoms with Gasteiger partial charge in [0.15, 0.2) is 0 Å². The van der Waals surface area contributed by atoms with E-state index in [1.807, 2.05) is 66.5 Å². The number of hydroxylamine groups is 4. The summed E-state index contributed by atoms with van der Waals surface area (Å²) in [6, 6.07) is -0.314. The van der Waals surface area contributed by atoms with Crippen LogP contribution in [0.4, 0.5) is 4.79 Å². The molecule has 1 aromatic heterocycles. The van der Waals surface area contributed by atoms with Gasteiger partial charge in [-0.25, -0.2) is 9.48 Å². The average molecular weight is 536 g/mol. The average Bonchev–Trinajstić information content (AvgIpc) is 3.24. The Labute approximate surface area is 228 Å². The number of hydrogen-bond acceptors (Lipinski definition) is 6. The van der Waals surface area contributed by atoms with Crippen LogP contribution in [0.3, 0.4) is 0 Å². The van der Waals surface area contributed by atoms with Gasteiger partial charge in [-0.15, -0.1) is 25.6 Å². The highest BCUT2D eigenvalue weighted by Gasteiger charge is 2.50. The van der Waals surface area contributed by atoms with E-state index in [1.54, 1.807) is 11.8 Å². The van der Waals surface area contributed by atoms with Crippen LogP contribution in [0.1, 0.15) is 93.2 Å². The van der Waals surface area contributed by atoms with Crippen molar-refractivity contribution in [2.45, 2.75) is 135 Å². The number of urea groups is 1. The SMILES string of the molecule is COCCn1cc(CCCN(C(=O)NC2CC(C)(C)N([O])C(C)(C)C2)C2CC(C)(C)N([O])C(C)(C)C2)nn1. The number of ether oxygens (including phenoxy) is 1. The van der Waals surface area contributed by atoms with E-state index >= 15 is 0 Å². The Morgan fingerprint density at radius 2 is 1.50 bits per heavy atom. The summed E-state index contributed by atoms with van der Waals surface area (Å²) in [6.07, 6.45) is 5.70. The molecule has 11 heteroatoms. The van der Waals surface area contributed by atoms with Crippen molar-refractivity contribution in [2.75, 3.05) is 20.3 Å². The summed E-state index contributed by atoms with van der Waals surface area (Å²) >= 11 is 0. The van der Waals surface area contributed by atoms with Gasteiger partial charge < -0.3 is 15.0 Å². The highest BCUT2D eigenvalue weighted by Crippen LogP contribution is 2.40. The standard InChI is InChI=1S/C27H49N7O4/c1-24(2)15-21(16-25(3,4)33(24)36)28-23(35)32(22-17-26(5,6)34(37)27(7,8)18-22)12-10-11-20-19-31(30-29-20)13-14-38-9/h19,21-22H,10-18H2,1-9H3,(H,28,35). The van der Waals surface area contributed by atoms with Gasteiger partial charge in [-0.05, 0) is 93.9 Å². The lowest BCUT2D eigenvalue weighted by Crippen LogP contribution is -2.65. The van der Waals surface area contributed by atoms with Gasteiger partial charge in [-0.1, -0.05) is 5.21 Å². The first-order valence-electron chi connectivity index (χ1n) is 13.9. The fraction of sp³-hybridized carbons (Fsp3) is 0.889. The van der Waals surface area contributed by atoms with Crippen molar-refractivity contribution in [3.05, 3.63) is 11.9 Å². The highest BCUT2D eigenvalue weighted by molar-refractivity contribution is 5.75. The summed E-state index contributed by atoms with van der Waals surface area (Å²) in [5.74, 6) is 0. The van der Waals surface area contributed by atoms with Crippen LogP contribution in [0.15, 0.2) is 6.20 Å². The maximum Gasteiger partial charge on any atom is 0.317 e. The number of carbonyl (C=O) groups is 1. The van der Waals surface area contributed by atoms with Gasteiger partial charge in [0.25, 0.3) is 0 Å². The molecule has 0 aliphatic carbocycles. The zero-order valence-corrected chi connectivity index (χ0v) is 24.9. The number of aromatic nitrogens is 3. The maximum atomic E-state index is 13.9. The quantitative estimate of drug-likeness (QED) is 0.516. The molecule has 2 fully saturated rings. The molecule has 0 aromatic carbocycles. The molecule has 2 aliphatic heterocycles. The summed E-state index contributed by atoms with van der Waals surface area (Å²) in [4.78, 5) is 15.8. The Hall–Kier alpha value is -1.79. The second kappa shape index (κ2) is 11.4. The van der Waals surface area contributed by atoms with Crippen molar-refractivity contribution in [2.24, 2.45) is 0 Å². The van der Waals surface area contributed by atoms with Crippen LogP contribution in [0, 0.1) is 0 Å². The van der Waals surface area contributed by atoms with Crippen molar-refractivity contribution in [1.29, 1.82) is 0 Å². The maximum absolute atomic E-state index is 13.9. The van der Waals surface area contributed by atoms with Crippen molar-refractivity contribution >= 4 is 6.03 Å². The number of amides is 2. The molecular weight excluding hydrogens is 486 g/mol. The minimum absolute atomic E-state index is 0.0804. The van der Waals surface area contributed by atoms with Gasteiger partial charge in [0.1, 0.15) is 0 Å². The van der Waals surface area contributed by atoms with Crippen LogP contribution in [-0.2, 0) is 28.1 Å². The number of piperidine rings is 2. The molecule has 216 valence electrons. The van der Waals surface area contributed by atoms with Gasteiger partial charge in [-0.3, -0.25) is 0 Å². The molecule has 1 aromatic rings. The van der Waals surface area contributed by atoms with Crippen LogP contribution < -0.4 is 5.32 Å². The molecule has 2 aliphatic rings. The van der Waals surface area contributed by atoms with Crippen LogP contribution in [0.2, 0.25) is 0 Å². The first-order chi connectivity index (χ1) is 17.5. The Morgan fingerprint density at radius 3 is 2.03 bits per heavy atom. The Kier molecular flexibility index (Phi) is 9.20. The topological polar surface area (TPSA) is 119 Å². The largest absolute Gasteiger partial charge is 0.383 e. The van der Waals surface area contributed by atoms with E-state index in [0.717, 1.165) is 12.1 Å². The fourth-order valence-corrected chi connectivity index (χ4v) is 6.68. The van der Waals surface area contributed by atoms with Crippen molar-refractivity contribution < 1.29 is 19.9 Å². The molecular formula is C27H49N7O4. The van der Waals surface area contributed by atoms with E-state index in [9.17, 15) is 15.2 Å². The summed E-state index contributed by atoms with van der Waals surface area (Å²) in [7, 11) is 1.66. The molecule has 2 amide bonds. The number of methoxy groups -OCH3 is 1. The smallest absolute Gasteiger partial charge is 0.317 e. The number of carbonyl (C=O) groups excluding carboxylic acids is 1. The lowest BCUT2D eigenvalue weighted by molar-refractivity contribution is -0.293. The second-order valence-corrected chi connectivity index (χ2v) is 13.7. The molecule has 3 rings (SSSR count). The Balaban J connectivity index is 1.75. The van der Waals surface area contributed by atoms with Gasteiger partial charge in [-0.2, -0.15) is 0 Å². The zero-order chi connectivity index (χ0) is 28.5. The molecule has 0 saturated carbocycles. The van der Waals surface area contributed by atoms with Gasteiger partial charge >= 0.3 is 6.03 Å².